The van der Waals surface area contributed by atoms with Crippen LogP contribution in [0.2, 0.25) is 5.15 Å². The fraction of sp³-hybridized carbons (Fsp3) is 0.537. The molecule has 2 amide bonds. The second-order valence-electron chi connectivity index (χ2n) is 15.3. The minimum Gasteiger partial charge on any atom is -0.486 e. The lowest BCUT2D eigenvalue weighted by atomic mass is 9.99. The molecule has 2 aromatic carbocycles. The number of halogens is 1. The molecule has 1 aliphatic heterocycles. The Labute approximate surface area is 336 Å². The number of carbonyl (C=O) groups excluding carboxylic acids is 3. The first-order chi connectivity index (χ1) is 26.8. The molecule has 15 heteroatoms. The van der Waals surface area contributed by atoms with Gasteiger partial charge in [0.2, 0.25) is 0 Å². The molecule has 2 heterocycles. The molecule has 56 heavy (non-hydrogen) atoms. The van der Waals surface area contributed by atoms with E-state index in [1.807, 2.05) is 69.5 Å². The minimum absolute atomic E-state index is 0.0199. The number of nitrogens with two attached hydrogens (primary N) is 2. The average molecular weight is 795 g/mol. The maximum absolute atomic E-state index is 13.3. The summed E-state index contributed by atoms with van der Waals surface area (Å²) in [6, 6.07) is 15.8. The van der Waals surface area contributed by atoms with E-state index in [0.29, 0.717) is 24.5 Å². The molecule has 2 atom stereocenters. The van der Waals surface area contributed by atoms with Crippen LogP contribution in [0.4, 0.5) is 11.6 Å². The van der Waals surface area contributed by atoms with E-state index in [2.05, 4.69) is 37.6 Å². The first kappa shape index (κ1) is 44.2. The Balaban J connectivity index is 1.38. The molecule has 1 fully saturated rings. The van der Waals surface area contributed by atoms with Crippen LogP contribution in [-0.4, -0.2) is 135 Å². The van der Waals surface area contributed by atoms with E-state index in [9.17, 15) is 14.4 Å². The van der Waals surface area contributed by atoms with Crippen LogP contribution in [0.25, 0.3) is 0 Å². The van der Waals surface area contributed by atoms with E-state index in [1.54, 1.807) is 0 Å². The summed E-state index contributed by atoms with van der Waals surface area (Å²) in [5.41, 5.74) is 14.0. The van der Waals surface area contributed by atoms with Gasteiger partial charge in [-0.05, 0) is 102 Å². The van der Waals surface area contributed by atoms with Crippen molar-refractivity contribution in [1.82, 2.24) is 30.4 Å². The Hall–Kier alpha value is -4.50. The van der Waals surface area contributed by atoms with Crippen LogP contribution in [0.15, 0.2) is 48.5 Å². The van der Waals surface area contributed by atoms with Crippen LogP contribution in [0.3, 0.4) is 0 Å². The van der Waals surface area contributed by atoms with Crippen LogP contribution < -0.4 is 31.6 Å². The number of ketones is 1. The summed E-state index contributed by atoms with van der Waals surface area (Å²) in [5.74, 6) is 0.825. The number of nitrogen functional groups attached to an aromatic ring is 2. The zero-order valence-electron chi connectivity index (χ0n) is 33.5. The van der Waals surface area contributed by atoms with Crippen molar-refractivity contribution in [1.29, 1.82) is 0 Å². The van der Waals surface area contributed by atoms with Gasteiger partial charge in [-0.1, -0.05) is 35.9 Å². The first-order valence-corrected chi connectivity index (χ1v) is 19.9. The van der Waals surface area contributed by atoms with Crippen LogP contribution >= 0.6 is 11.6 Å². The third-order valence-electron chi connectivity index (χ3n) is 9.95. The lowest BCUT2D eigenvalue weighted by molar-refractivity contribution is -0.933. The number of ether oxygens (including phenoxy) is 2. The molecule has 3 aromatic rings. The second-order valence-corrected chi connectivity index (χ2v) is 15.7. The Morgan fingerprint density at radius 1 is 0.857 bits per heavy atom. The van der Waals surface area contributed by atoms with Crippen LogP contribution in [0.5, 0.6) is 11.5 Å². The quantitative estimate of drug-likeness (QED) is 0.103. The summed E-state index contributed by atoms with van der Waals surface area (Å²) in [4.78, 5) is 50.1. The second kappa shape index (κ2) is 22.3. The van der Waals surface area contributed by atoms with Gasteiger partial charge in [0.25, 0.3) is 11.8 Å². The zero-order valence-corrected chi connectivity index (χ0v) is 34.3. The number of nitrogens with zero attached hydrogens (tertiary/aromatic N) is 5. The van der Waals surface area contributed by atoms with Crippen molar-refractivity contribution in [2.24, 2.45) is 0 Å². The largest absolute Gasteiger partial charge is 0.486 e. The number of benzene rings is 2. The Kier molecular flexibility index (Phi) is 17.6. The van der Waals surface area contributed by atoms with Crippen molar-refractivity contribution in [3.05, 3.63) is 70.5 Å². The van der Waals surface area contributed by atoms with Gasteiger partial charge in [0.1, 0.15) is 18.1 Å². The molecule has 0 bridgehead atoms. The zero-order chi connectivity index (χ0) is 40.5. The number of likely N-dealkylation sites (tertiary alicyclic amines) is 1. The van der Waals surface area contributed by atoms with Gasteiger partial charge in [0.05, 0.1) is 32.2 Å². The molecule has 14 nitrogen and oxygen atoms in total. The van der Waals surface area contributed by atoms with Crippen molar-refractivity contribution in [3.63, 3.8) is 0 Å². The van der Waals surface area contributed by atoms with Crippen LogP contribution in [0.1, 0.15) is 60.1 Å². The fourth-order valence-electron chi connectivity index (χ4n) is 7.09. The molecule has 1 aliphatic rings. The van der Waals surface area contributed by atoms with Crippen molar-refractivity contribution in [2.45, 2.75) is 57.4 Å². The van der Waals surface area contributed by atoms with Gasteiger partial charge in [0.15, 0.2) is 34.9 Å². The highest BCUT2D eigenvalue weighted by Crippen LogP contribution is 2.25. The van der Waals surface area contributed by atoms with Gasteiger partial charge in [-0.15, -0.1) is 0 Å². The number of likely N-dealkylation sites (N-methyl/N-ethyl adjacent to an activating group) is 1. The topological polar surface area (TPSA) is 178 Å². The standard InChI is InChI=1S/C41H60ClN9O5/c1-49(2)20-7-16-33(52)28-55-34-17-5-11-30(25-34)13-8-22-51(24-10-15-32(27-51)46-41(54)37-39(43)48-40(44)38(42)47-37)23-9-14-31-12-6-18-35(26-31)56-29-36(53)45-19-21-50(3)4/h5-6,11-12,17-18,25-26,32H,7-10,13-16,19-24,27-29H2,1-4H3,(H5-,43,44,45,46,48,53,54)/p+1/t32-,51?/m0/s1. The van der Waals surface area contributed by atoms with E-state index in [-0.39, 0.29) is 53.4 Å². The summed E-state index contributed by atoms with van der Waals surface area (Å²) in [6.07, 6.45) is 6.64. The summed E-state index contributed by atoms with van der Waals surface area (Å²) in [7, 11) is 7.92. The van der Waals surface area contributed by atoms with Gasteiger partial charge in [-0.25, -0.2) is 9.97 Å². The number of aromatic nitrogens is 2. The van der Waals surface area contributed by atoms with Gasteiger partial charge in [-0.3, -0.25) is 14.4 Å². The van der Waals surface area contributed by atoms with E-state index in [0.717, 1.165) is 99.8 Å². The Bertz CT molecular complexity index is 1660. The number of rotatable bonds is 23. The molecule has 1 saturated heterocycles. The molecule has 1 aromatic heterocycles. The minimum atomic E-state index is -0.418. The van der Waals surface area contributed by atoms with Crippen LogP contribution in [0, 0.1) is 0 Å². The molecule has 0 saturated carbocycles. The maximum atomic E-state index is 13.3. The highest BCUT2D eigenvalue weighted by atomic mass is 35.5. The van der Waals surface area contributed by atoms with Crippen molar-refractivity contribution < 1.29 is 28.3 Å². The monoisotopic (exact) mass is 794 g/mol. The number of quaternary nitrogens is 1. The normalized spacial score (nSPS) is 16.8. The third kappa shape index (κ3) is 15.2. The van der Waals surface area contributed by atoms with Crippen molar-refractivity contribution in [3.8, 4) is 11.5 Å². The van der Waals surface area contributed by atoms with Gasteiger partial charge >= 0.3 is 0 Å². The van der Waals surface area contributed by atoms with Gasteiger partial charge in [-0.2, -0.15) is 0 Å². The third-order valence-corrected chi connectivity index (χ3v) is 10.2. The maximum Gasteiger partial charge on any atom is 0.274 e. The molecule has 0 radical (unpaired) electrons. The molecule has 0 aliphatic carbocycles. The van der Waals surface area contributed by atoms with E-state index in [4.69, 9.17) is 32.5 Å². The summed E-state index contributed by atoms with van der Waals surface area (Å²) >= 11 is 6.08. The molecule has 1 unspecified atom stereocenters. The predicted molar refractivity (Wildman–Crippen MR) is 221 cm³/mol. The van der Waals surface area contributed by atoms with E-state index < -0.39 is 5.91 Å². The number of carbonyl (C=O) groups is 3. The number of Topliss-reactive ketones (excluding diaryl/α,β-unsaturated/α-hetero) is 1. The lowest BCUT2D eigenvalue weighted by Gasteiger charge is -2.45. The smallest absolute Gasteiger partial charge is 0.274 e. The molecule has 6 N–H and O–H groups in total. The highest BCUT2D eigenvalue weighted by molar-refractivity contribution is 6.31. The summed E-state index contributed by atoms with van der Waals surface area (Å²) in [5, 5.41) is 5.97. The number of anilines is 2. The number of aryl methyl sites for hydroxylation is 2. The molecule has 4 rings (SSSR count). The Morgan fingerprint density at radius 3 is 2.11 bits per heavy atom. The van der Waals surface area contributed by atoms with Gasteiger partial charge < -0.3 is 45.9 Å². The number of piperidine rings is 1. The SMILES string of the molecule is CN(C)CCCC(=O)COc1cccc(CCC[N+]2(CCCc3cccc(OCC(=O)NCCN(C)C)c3)CCC[C@H](NC(=O)c3nc(Cl)c(N)nc3N)C2)c1. The predicted octanol–water partition coefficient (Wildman–Crippen LogP) is 3.62. The van der Waals surface area contributed by atoms with Crippen molar-refractivity contribution >= 4 is 40.8 Å². The number of nitrogens with one attached hydrogen (secondary N) is 2. The molecular weight excluding hydrogens is 734 g/mol. The Morgan fingerprint density at radius 2 is 1.48 bits per heavy atom. The number of hydrogen-bond acceptors (Lipinski definition) is 11. The number of hydrogen-bond donors (Lipinski definition) is 4. The molecule has 0 spiro atoms. The average Bonchev–Trinajstić information content (AvgIpc) is 3.15. The molecule has 306 valence electrons. The van der Waals surface area contributed by atoms with E-state index >= 15 is 0 Å². The first-order valence-electron chi connectivity index (χ1n) is 19.6. The number of amides is 2. The highest BCUT2D eigenvalue weighted by Gasteiger charge is 2.35. The van der Waals surface area contributed by atoms with E-state index in [1.165, 1.54) is 0 Å². The van der Waals surface area contributed by atoms with Gasteiger partial charge in [0, 0.05) is 32.4 Å². The summed E-state index contributed by atoms with van der Waals surface area (Å²) in [6.45, 7) is 5.83. The summed E-state index contributed by atoms with van der Waals surface area (Å²) < 4.78 is 12.5. The van der Waals surface area contributed by atoms with Crippen molar-refractivity contribution in [2.75, 3.05) is 98.7 Å². The van der Waals surface area contributed by atoms with Crippen LogP contribution in [-0.2, 0) is 22.4 Å². The molecular formula is C41H61ClN9O5+. The fourth-order valence-corrected chi connectivity index (χ4v) is 7.21. The lowest BCUT2D eigenvalue weighted by Crippen LogP contribution is -2.60.